The molecule has 1 aliphatic heterocycles. The van der Waals surface area contributed by atoms with Crippen LogP contribution in [0.25, 0.3) is 0 Å². The number of ether oxygens (including phenoxy) is 2. The fraction of sp³-hybridized carbons (Fsp3) is 0.476. The normalized spacial score (nSPS) is 16.0. The minimum atomic E-state index is -0.854. The molecule has 2 N–H and O–H groups in total. The van der Waals surface area contributed by atoms with Crippen LogP contribution >= 0.6 is 0 Å². The number of esters is 1. The lowest BCUT2D eigenvalue weighted by atomic mass is 10.1. The molecule has 0 aliphatic carbocycles. The number of anilines is 1. The van der Waals surface area contributed by atoms with E-state index < -0.39 is 12.0 Å². The molecule has 8 nitrogen and oxygen atoms in total. The van der Waals surface area contributed by atoms with Crippen molar-refractivity contribution in [3.8, 4) is 5.75 Å². The fourth-order valence-corrected chi connectivity index (χ4v) is 2.83. The average Bonchev–Trinajstić information content (AvgIpc) is 2.70. The van der Waals surface area contributed by atoms with E-state index in [0.717, 1.165) is 11.3 Å². The number of nitrogens with one attached hydrogen (secondary N) is 2. The number of nitrogens with zero attached hydrogens (tertiary/aromatic N) is 1. The van der Waals surface area contributed by atoms with Crippen LogP contribution in [0.2, 0.25) is 0 Å². The van der Waals surface area contributed by atoms with E-state index >= 15 is 0 Å². The zero-order chi connectivity index (χ0) is 21.2. The van der Waals surface area contributed by atoms with Crippen LogP contribution in [-0.4, -0.2) is 61.6 Å². The molecule has 2 rings (SSSR count). The highest BCUT2D eigenvalue weighted by Gasteiger charge is 2.34. The Balaban J connectivity index is 1.95. The van der Waals surface area contributed by atoms with Gasteiger partial charge in [-0.25, -0.2) is 0 Å². The Kier molecular flexibility index (Phi) is 8.51. The molecule has 1 atom stereocenters. The van der Waals surface area contributed by atoms with Gasteiger partial charge in [-0.1, -0.05) is 19.6 Å². The van der Waals surface area contributed by atoms with Gasteiger partial charge < -0.3 is 25.0 Å². The number of hydrogen-bond acceptors (Lipinski definition) is 6. The second-order valence-corrected chi connectivity index (χ2v) is 6.95. The lowest BCUT2D eigenvalue weighted by Crippen LogP contribution is -2.58. The van der Waals surface area contributed by atoms with Gasteiger partial charge in [0.2, 0.25) is 11.8 Å². The van der Waals surface area contributed by atoms with Crippen LogP contribution in [0.15, 0.2) is 36.4 Å². The summed E-state index contributed by atoms with van der Waals surface area (Å²) in [6.45, 7) is 8.98. The van der Waals surface area contributed by atoms with Gasteiger partial charge in [-0.15, -0.1) is 0 Å². The summed E-state index contributed by atoms with van der Waals surface area (Å²) in [5.41, 5.74) is 1.63. The summed E-state index contributed by atoms with van der Waals surface area (Å²) >= 11 is 0. The van der Waals surface area contributed by atoms with Crippen LogP contribution < -0.4 is 15.4 Å². The van der Waals surface area contributed by atoms with E-state index in [1.165, 1.54) is 4.90 Å². The third-order valence-electron chi connectivity index (χ3n) is 4.24. The van der Waals surface area contributed by atoms with Crippen molar-refractivity contribution in [2.45, 2.75) is 32.7 Å². The number of amides is 2. The SMILES string of the molecule is C=C(C)COc1cccc(NCC(=O)N2CCNC(=O)C2CC(=O)OCCC)c1. The number of benzene rings is 1. The highest BCUT2D eigenvalue weighted by molar-refractivity contribution is 5.93. The van der Waals surface area contributed by atoms with Crippen molar-refractivity contribution >= 4 is 23.5 Å². The van der Waals surface area contributed by atoms with E-state index in [9.17, 15) is 14.4 Å². The lowest BCUT2D eigenvalue weighted by molar-refractivity contribution is -0.151. The van der Waals surface area contributed by atoms with Crippen LogP contribution in [0, 0.1) is 0 Å². The molecule has 1 heterocycles. The van der Waals surface area contributed by atoms with Crippen molar-refractivity contribution < 1.29 is 23.9 Å². The minimum absolute atomic E-state index is 0.00225. The molecular formula is C21H29N3O5. The predicted molar refractivity (Wildman–Crippen MR) is 110 cm³/mol. The smallest absolute Gasteiger partial charge is 0.308 e. The van der Waals surface area contributed by atoms with Gasteiger partial charge in [-0.3, -0.25) is 14.4 Å². The van der Waals surface area contributed by atoms with Gasteiger partial charge in [0.1, 0.15) is 18.4 Å². The summed E-state index contributed by atoms with van der Waals surface area (Å²) in [5, 5.41) is 5.75. The standard InChI is InChI=1S/C21H29N3O5/c1-4-10-28-20(26)12-18-21(27)22-8-9-24(18)19(25)13-23-16-6-5-7-17(11-16)29-14-15(2)3/h5-7,11,18,23H,2,4,8-10,12-14H2,1,3H3,(H,22,27). The van der Waals surface area contributed by atoms with Crippen molar-refractivity contribution in [1.29, 1.82) is 0 Å². The molecule has 1 unspecified atom stereocenters. The molecule has 2 amide bonds. The highest BCUT2D eigenvalue weighted by atomic mass is 16.5. The van der Waals surface area contributed by atoms with Crippen molar-refractivity contribution in [1.82, 2.24) is 10.2 Å². The molecule has 0 radical (unpaired) electrons. The zero-order valence-corrected chi connectivity index (χ0v) is 17.0. The van der Waals surface area contributed by atoms with Gasteiger partial charge in [-0.2, -0.15) is 0 Å². The highest BCUT2D eigenvalue weighted by Crippen LogP contribution is 2.18. The van der Waals surface area contributed by atoms with Crippen LogP contribution in [0.1, 0.15) is 26.7 Å². The Morgan fingerprint density at radius 2 is 2.17 bits per heavy atom. The first kappa shape index (κ1) is 22.3. The zero-order valence-electron chi connectivity index (χ0n) is 17.0. The predicted octanol–water partition coefficient (Wildman–Crippen LogP) is 1.72. The van der Waals surface area contributed by atoms with E-state index in [2.05, 4.69) is 17.2 Å². The van der Waals surface area contributed by atoms with Crippen molar-refractivity contribution in [3.63, 3.8) is 0 Å². The van der Waals surface area contributed by atoms with Gasteiger partial charge in [0, 0.05) is 24.8 Å². The number of rotatable bonds is 10. The largest absolute Gasteiger partial charge is 0.489 e. The lowest BCUT2D eigenvalue weighted by Gasteiger charge is -2.34. The first-order chi connectivity index (χ1) is 13.9. The number of piperazine rings is 1. The Hall–Kier alpha value is -3.03. The first-order valence-electron chi connectivity index (χ1n) is 9.74. The second kappa shape index (κ2) is 11.1. The molecule has 8 heteroatoms. The Bertz CT molecular complexity index is 750. The molecule has 1 fully saturated rings. The molecule has 1 aliphatic rings. The van der Waals surface area contributed by atoms with Crippen LogP contribution in [0.4, 0.5) is 5.69 Å². The fourth-order valence-electron chi connectivity index (χ4n) is 2.83. The summed E-state index contributed by atoms with van der Waals surface area (Å²) in [4.78, 5) is 38.3. The maximum atomic E-state index is 12.7. The molecule has 0 aromatic heterocycles. The maximum Gasteiger partial charge on any atom is 0.308 e. The number of hydrogen-bond donors (Lipinski definition) is 2. The minimum Gasteiger partial charge on any atom is -0.489 e. The molecule has 0 spiro atoms. The third-order valence-corrected chi connectivity index (χ3v) is 4.24. The van der Waals surface area contributed by atoms with Gasteiger partial charge in [0.05, 0.1) is 19.6 Å². The molecule has 1 aromatic carbocycles. The summed E-state index contributed by atoms with van der Waals surface area (Å²) in [6, 6.07) is 6.40. The maximum absolute atomic E-state index is 12.7. The molecule has 1 aromatic rings. The molecule has 1 saturated heterocycles. The van der Waals surface area contributed by atoms with E-state index in [4.69, 9.17) is 9.47 Å². The van der Waals surface area contributed by atoms with Gasteiger partial charge in [0.15, 0.2) is 0 Å². The molecule has 0 bridgehead atoms. The second-order valence-electron chi connectivity index (χ2n) is 6.95. The summed E-state index contributed by atoms with van der Waals surface area (Å²) < 4.78 is 10.7. The third kappa shape index (κ3) is 7.14. The topological polar surface area (TPSA) is 97.0 Å². The Morgan fingerprint density at radius 1 is 1.38 bits per heavy atom. The number of carbonyl (C=O) groups excluding carboxylic acids is 3. The monoisotopic (exact) mass is 403 g/mol. The van der Waals surface area contributed by atoms with Gasteiger partial charge in [0.25, 0.3) is 0 Å². The van der Waals surface area contributed by atoms with Gasteiger partial charge in [-0.05, 0) is 31.1 Å². The van der Waals surface area contributed by atoms with Crippen molar-refractivity contribution in [2.24, 2.45) is 0 Å². The number of carbonyl (C=O) groups is 3. The van der Waals surface area contributed by atoms with E-state index in [0.29, 0.717) is 38.5 Å². The Morgan fingerprint density at radius 3 is 2.90 bits per heavy atom. The molecule has 158 valence electrons. The van der Waals surface area contributed by atoms with Crippen LogP contribution in [0.3, 0.4) is 0 Å². The first-order valence-corrected chi connectivity index (χ1v) is 9.74. The van der Waals surface area contributed by atoms with Crippen molar-refractivity contribution in [2.75, 3.05) is 38.2 Å². The molecule has 0 saturated carbocycles. The summed E-state index contributed by atoms with van der Waals surface area (Å²) in [7, 11) is 0. The molecule has 29 heavy (non-hydrogen) atoms. The Labute approximate surface area is 171 Å². The van der Waals surface area contributed by atoms with E-state index in [1.807, 2.05) is 32.0 Å². The van der Waals surface area contributed by atoms with Gasteiger partial charge >= 0.3 is 5.97 Å². The van der Waals surface area contributed by atoms with E-state index in [1.54, 1.807) is 6.07 Å². The molecular weight excluding hydrogens is 374 g/mol. The van der Waals surface area contributed by atoms with Crippen LogP contribution in [0.5, 0.6) is 5.75 Å². The van der Waals surface area contributed by atoms with Crippen molar-refractivity contribution in [3.05, 3.63) is 36.4 Å². The quantitative estimate of drug-likeness (QED) is 0.456. The average molecular weight is 403 g/mol. The van der Waals surface area contributed by atoms with E-state index in [-0.39, 0.29) is 24.8 Å². The summed E-state index contributed by atoms with van der Waals surface area (Å²) in [5.74, 6) is -0.420. The van der Waals surface area contributed by atoms with Crippen LogP contribution in [-0.2, 0) is 19.1 Å². The summed E-state index contributed by atoms with van der Waals surface area (Å²) in [6.07, 6.45) is 0.548.